The van der Waals surface area contributed by atoms with Gasteiger partial charge in [-0.2, -0.15) is 0 Å². The predicted octanol–water partition coefficient (Wildman–Crippen LogP) is 5.28. The number of rotatable bonds is 2. The molecule has 3 aromatic rings. The number of aromatic nitrogens is 1. The SMILES string of the molecule is CC(C)(C)c1ccc(Nc2nccc3ccccc23)cc1. The molecular weight excluding hydrogens is 256 g/mol. The number of hydrogen-bond acceptors (Lipinski definition) is 2. The highest BCUT2D eigenvalue weighted by atomic mass is 15.0. The molecule has 0 aliphatic heterocycles. The minimum Gasteiger partial charge on any atom is -0.340 e. The Bertz CT molecular complexity index is 747. The quantitative estimate of drug-likeness (QED) is 0.689. The van der Waals surface area contributed by atoms with Crippen LogP contribution >= 0.6 is 0 Å². The molecule has 3 rings (SSSR count). The number of benzene rings is 2. The van der Waals surface area contributed by atoms with E-state index in [1.807, 2.05) is 24.4 Å². The van der Waals surface area contributed by atoms with Gasteiger partial charge in [-0.05, 0) is 34.6 Å². The fourth-order valence-electron chi connectivity index (χ4n) is 2.41. The molecule has 0 fully saturated rings. The van der Waals surface area contributed by atoms with E-state index in [1.54, 1.807) is 0 Å². The molecule has 0 bridgehead atoms. The Hall–Kier alpha value is -2.35. The molecule has 0 spiro atoms. The van der Waals surface area contributed by atoms with Gasteiger partial charge in [-0.25, -0.2) is 4.98 Å². The molecule has 1 heterocycles. The third-order valence-corrected chi connectivity index (χ3v) is 3.69. The van der Waals surface area contributed by atoms with Crippen LogP contribution in [0.25, 0.3) is 10.8 Å². The lowest BCUT2D eigenvalue weighted by Gasteiger charge is -2.19. The van der Waals surface area contributed by atoms with Crippen LogP contribution in [0.5, 0.6) is 0 Å². The maximum atomic E-state index is 4.46. The molecule has 0 amide bonds. The van der Waals surface area contributed by atoms with Crippen LogP contribution in [0.3, 0.4) is 0 Å². The summed E-state index contributed by atoms with van der Waals surface area (Å²) in [6.07, 6.45) is 1.84. The van der Waals surface area contributed by atoms with Gasteiger partial charge in [0, 0.05) is 17.3 Å². The van der Waals surface area contributed by atoms with Crippen molar-refractivity contribution < 1.29 is 0 Å². The average molecular weight is 276 g/mol. The van der Waals surface area contributed by atoms with Crippen molar-refractivity contribution in [2.75, 3.05) is 5.32 Å². The summed E-state index contributed by atoms with van der Waals surface area (Å²) in [5.41, 5.74) is 2.57. The fourth-order valence-corrected chi connectivity index (χ4v) is 2.41. The standard InChI is InChI=1S/C19H20N2/c1-19(2,3)15-8-10-16(11-9-15)21-18-17-7-5-4-6-14(17)12-13-20-18/h4-13H,1-3H3,(H,20,21). The number of pyridine rings is 1. The molecule has 21 heavy (non-hydrogen) atoms. The van der Waals surface area contributed by atoms with Crippen LogP contribution in [0, 0.1) is 0 Å². The summed E-state index contributed by atoms with van der Waals surface area (Å²) >= 11 is 0. The van der Waals surface area contributed by atoms with Crippen molar-refractivity contribution in [3.05, 3.63) is 66.4 Å². The van der Waals surface area contributed by atoms with Crippen LogP contribution in [0.2, 0.25) is 0 Å². The number of nitrogens with zero attached hydrogens (tertiary/aromatic N) is 1. The topological polar surface area (TPSA) is 24.9 Å². The minimum atomic E-state index is 0.177. The molecule has 106 valence electrons. The third-order valence-electron chi connectivity index (χ3n) is 3.69. The van der Waals surface area contributed by atoms with Crippen LogP contribution in [-0.2, 0) is 5.41 Å². The Morgan fingerprint density at radius 1 is 0.857 bits per heavy atom. The molecular formula is C19H20N2. The van der Waals surface area contributed by atoms with Crippen molar-refractivity contribution in [2.24, 2.45) is 0 Å². The first-order chi connectivity index (χ1) is 10.0. The highest BCUT2D eigenvalue weighted by Crippen LogP contribution is 2.27. The second kappa shape index (κ2) is 5.21. The molecule has 0 unspecified atom stereocenters. The van der Waals surface area contributed by atoms with Gasteiger partial charge in [0.25, 0.3) is 0 Å². The minimum absolute atomic E-state index is 0.177. The molecule has 0 saturated carbocycles. The summed E-state index contributed by atoms with van der Waals surface area (Å²) in [6, 6.07) is 18.9. The van der Waals surface area contributed by atoms with E-state index in [9.17, 15) is 0 Å². The molecule has 0 atom stereocenters. The largest absolute Gasteiger partial charge is 0.340 e. The Kier molecular flexibility index (Phi) is 3.38. The van der Waals surface area contributed by atoms with Gasteiger partial charge in [0.1, 0.15) is 5.82 Å². The monoisotopic (exact) mass is 276 g/mol. The van der Waals surface area contributed by atoms with Crippen LogP contribution in [0.15, 0.2) is 60.8 Å². The first kappa shape index (κ1) is 13.6. The van der Waals surface area contributed by atoms with Crippen molar-refractivity contribution in [1.82, 2.24) is 4.98 Å². The molecule has 0 aliphatic rings. The summed E-state index contributed by atoms with van der Waals surface area (Å²) in [7, 11) is 0. The van der Waals surface area contributed by atoms with Gasteiger partial charge in [0.05, 0.1) is 0 Å². The van der Waals surface area contributed by atoms with Crippen molar-refractivity contribution in [3.8, 4) is 0 Å². The molecule has 1 aromatic heterocycles. The van der Waals surface area contributed by atoms with Crippen molar-refractivity contribution in [1.29, 1.82) is 0 Å². The van der Waals surface area contributed by atoms with Crippen molar-refractivity contribution in [3.63, 3.8) is 0 Å². The number of fused-ring (bicyclic) bond motifs is 1. The van der Waals surface area contributed by atoms with E-state index in [4.69, 9.17) is 0 Å². The van der Waals surface area contributed by atoms with Crippen molar-refractivity contribution in [2.45, 2.75) is 26.2 Å². The zero-order chi connectivity index (χ0) is 14.9. The molecule has 2 aromatic carbocycles. The number of nitrogens with one attached hydrogen (secondary N) is 1. The number of hydrogen-bond donors (Lipinski definition) is 1. The fraction of sp³-hybridized carbons (Fsp3) is 0.211. The zero-order valence-electron chi connectivity index (χ0n) is 12.7. The van der Waals surface area contributed by atoms with E-state index in [0.29, 0.717) is 0 Å². The van der Waals surface area contributed by atoms with E-state index in [1.165, 1.54) is 10.9 Å². The van der Waals surface area contributed by atoms with Gasteiger partial charge in [-0.15, -0.1) is 0 Å². The van der Waals surface area contributed by atoms with Crippen molar-refractivity contribution >= 4 is 22.3 Å². The summed E-state index contributed by atoms with van der Waals surface area (Å²) in [4.78, 5) is 4.46. The van der Waals surface area contributed by atoms with Gasteiger partial charge >= 0.3 is 0 Å². The lowest BCUT2D eigenvalue weighted by atomic mass is 9.87. The van der Waals surface area contributed by atoms with E-state index in [0.717, 1.165) is 16.9 Å². The van der Waals surface area contributed by atoms with Gasteiger partial charge in [-0.1, -0.05) is 57.2 Å². The van der Waals surface area contributed by atoms with Crippen LogP contribution < -0.4 is 5.32 Å². The second-order valence-corrected chi connectivity index (χ2v) is 6.33. The average Bonchev–Trinajstić information content (AvgIpc) is 2.47. The summed E-state index contributed by atoms with van der Waals surface area (Å²) < 4.78 is 0. The highest BCUT2D eigenvalue weighted by molar-refractivity contribution is 5.93. The molecule has 0 aliphatic carbocycles. The predicted molar refractivity (Wildman–Crippen MR) is 90.2 cm³/mol. The zero-order valence-corrected chi connectivity index (χ0v) is 12.7. The van der Waals surface area contributed by atoms with Crippen LogP contribution in [0.4, 0.5) is 11.5 Å². The Balaban J connectivity index is 1.92. The first-order valence-electron chi connectivity index (χ1n) is 7.25. The van der Waals surface area contributed by atoms with Crippen LogP contribution in [0.1, 0.15) is 26.3 Å². The van der Waals surface area contributed by atoms with E-state index in [-0.39, 0.29) is 5.41 Å². The van der Waals surface area contributed by atoms with Crippen LogP contribution in [-0.4, -0.2) is 4.98 Å². The Labute approximate surface area is 125 Å². The van der Waals surface area contributed by atoms with Gasteiger partial charge in [0.15, 0.2) is 0 Å². The molecule has 0 radical (unpaired) electrons. The maximum absolute atomic E-state index is 4.46. The Morgan fingerprint density at radius 2 is 1.57 bits per heavy atom. The first-order valence-corrected chi connectivity index (χ1v) is 7.25. The summed E-state index contributed by atoms with van der Waals surface area (Å²) in [6.45, 7) is 6.67. The summed E-state index contributed by atoms with van der Waals surface area (Å²) in [5.74, 6) is 0.900. The molecule has 2 nitrogen and oxygen atoms in total. The van der Waals surface area contributed by atoms with E-state index >= 15 is 0 Å². The Morgan fingerprint density at radius 3 is 2.29 bits per heavy atom. The highest BCUT2D eigenvalue weighted by Gasteiger charge is 2.13. The summed E-state index contributed by atoms with van der Waals surface area (Å²) in [5, 5.41) is 5.75. The van der Waals surface area contributed by atoms with Gasteiger partial charge in [0.2, 0.25) is 0 Å². The van der Waals surface area contributed by atoms with E-state index < -0.39 is 0 Å². The molecule has 1 N–H and O–H groups in total. The van der Waals surface area contributed by atoms with Gasteiger partial charge < -0.3 is 5.32 Å². The normalized spacial score (nSPS) is 11.6. The molecule has 2 heteroatoms. The maximum Gasteiger partial charge on any atom is 0.138 e. The lowest BCUT2D eigenvalue weighted by Crippen LogP contribution is -2.10. The molecule has 0 saturated heterocycles. The smallest absolute Gasteiger partial charge is 0.138 e. The second-order valence-electron chi connectivity index (χ2n) is 6.33. The third kappa shape index (κ3) is 2.89. The van der Waals surface area contributed by atoms with Gasteiger partial charge in [-0.3, -0.25) is 0 Å². The lowest BCUT2D eigenvalue weighted by molar-refractivity contribution is 0.590. The van der Waals surface area contributed by atoms with E-state index in [2.05, 4.69) is 67.5 Å². The number of anilines is 2.